The molecule has 1 heterocycles. The average molecular weight is 402 g/mol. The molecule has 0 unspecified atom stereocenters. The summed E-state index contributed by atoms with van der Waals surface area (Å²) >= 11 is 13.2. The summed E-state index contributed by atoms with van der Waals surface area (Å²) in [6, 6.07) is 4.39. The zero-order valence-electron chi connectivity index (χ0n) is 13.3. The molecule has 2 N–H and O–H groups in total. The maximum atomic E-state index is 12.6. The summed E-state index contributed by atoms with van der Waals surface area (Å²) in [5.74, 6) is -0.835. The molecule has 9 heteroatoms. The normalized spacial score (nSPS) is 19.2. The fourth-order valence-corrected chi connectivity index (χ4v) is 4.39. The standard InChI is InChI=1S/C16H17Cl2N3O3S/c17-10-4-5-11(18)12(8-10)25-9-13(22)20-21-14(23)16(19-15(21)24)6-2-1-3-7-16/h4-5,8H,1-3,6-7,9H2,(H,19,24)(H,20,22). The number of imide groups is 1. The third kappa shape index (κ3) is 3.88. The highest BCUT2D eigenvalue weighted by Crippen LogP contribution is 2.33. The van der Waals surface area contributed by atoms with Crippen molar-refractivity contribution in [2.75, 3.05) is 5.75 Å². The number of amides is 4. The number of nitrogens with one attached hydrogen (secondary N) is 2. The number of nitrogens with zero attached hydrogens (tertiary/aromatic N) is 1. The molecule has 1 aliphatic carbocycles. The van der Waals surface area contributed by atoms with E-state index in [1.54, 1.807) is 18.2 Å². The van der Waals surface area contributed by atoms with E-state index in [-0.39, 0.29) is 11.7 Å². The number of urea groups is 1. The van der Waals surface area contributed by atoms with E-state index >= 15 is 0 Å². The second-order valence-corrected chi connectivity index (χ2v) is 7.97. The maximum absolute atomic E-state index is 12.6. The van der Waals surface area contributed by atoms with Crippen molar-refractivity contribution in [3.63, 3.8) is 0 Å². The van der Waals surface area contributed by atoms with Gasteiger partial charge in [0, 0.05) is 9.92 Å². The van der Waals surface area contributed by atoms with Gasteiger partial charge in [0.2, 0.25) is 5.91 Å². The number of carbonyl (C=O) groups is 3. The van der Waals surface area contributed by atoms with Gasteiger partial charge >= 0.3 is 6.03 Å². The molecule has 6 nitrogen and oxygen atoms in total. The minimum absolute atomic E-state index is 0.00409. The average Bonchev–Trinajstić information content (AvgIpc) is 2.80. The topological polar surface area (TPSA) is 78.5 Å². The number of hydrazine groups is 1. The quantitative estimate of drug-likeness (QED) is 0.598. The van der Waals surface area contributed by atoms with Crippen LogP contribution in [0.25, 0.3) is 0 Å². The molecular weight excluding hydrogens is 385 g/mol. The molecule has 2 aliphatic rings. The molecule has 1 aliphatic heterocycles. The maximum Gasteiger partial charge on any atom is 0.344 e. The van der Waals surface area contributed by atoms with Gasteiger partial charge in [-0.3, -0.25) is 15.0 Å². The van der Waals surface area contributed by atoms with Crippen LogP contribution in [-0.4, -0.2) is 34.1 Å². The molecule has 1 saturated carbocycles. The van der Waals surface area contributed by atoms with Crippen LogP contribution in [0.3, 0.4) is 0 Å². The van der Waals surface area contributed by atoms with Crippen LogP contribution >= 0.6 is 35.0 Å². The highest BCUT2D eigenvalue weighted by molar-refractivity contribution is 8.00. The minimum Gasteiger partial charge on any atom is -0.322 e. The summed E-state index contributed by atoms with van der Waals surface area (Å²) in [6.07, 6.45) is 4.04. The minimum atomic E-state index is -0.855. The Morgan fingerprint density at radius 3 is 2.68 bits per heavy atom. The van der Waals surface area contributed by atoms with Crippen LogP contribution in [0.1, 0.15) is 32.1 Å². The Kier molecular flexibility index (Phi) is 5.46. The Labute approximate surface area is 159 Å². The van der Waals surface area contributed by atoms with Gasteiger partial charge < -0.3 is 5.32 Å². The molecule has 1 aromatic rings. The van der Waals surface area contributed by atoms with Crippen molar-refractivity contribution in [1.29, 1.82) is 0 Å². The molecule has 2 fully saturated rings. The van der Waals surface area contributed by atoms with Crippen molar-refractivity contribution in [1.82, 2.24) is 15.8 Å². The Bertz CT molecular complexity index is 723. The van der Waals surface area contributed by atoms with Crippen LogP contribution in [-0.2, 0) is 9.59 Å². The number of halogens is 2. The lowest BCUT2D eigenvalue weighted by molar-refractivity contribution is -0.139. The van der Waals surface area contributed by atoms with E-state index in [4.69, 9.17) is 23.2 Å². The Hall–Kier alpha value is -1.44. The van der Waals surface area contributed by atoms with E-state index in [1.165, 1.54) is 11.8 Å². The largest absolute Gasteiger partial charge is 0.344 e. The van der Waals surface area contributed by atoms with E-state index in [9.17, 15) is 14.4 Å². The molecule has 134 valence electrons. The Morgan fingerprint density at radius 1 is 1.24 bits per heavy atom. The molecule has 0 bridgehead atoms. The Morgan fingerprint density at radius 2 is 1.96 bits per heavy atom. The first-order valence-corrected chi connectivity index (χ1v) is 9.69. The van der Waals surface area contributed by atoms with Crippen LogP contribution in [0, 0.1) is 0 Å². The van der Waals surface area contributed by atoms with Crippen LogP contribution in [0.2, 0.25) is 10.0 Å². The number of benzene rings is 1. The van der Waals surface area contributed by atoms with E-state index in [0.717, 1.165) is 24.3 Å². The predicted molar refractivity (Wildman–Crippen MR) is 96.5 cm³/mol. The van der Waals surface area contributed by atoms with Gasteiger partial charge in [-0.15, -0.1) is 11.8 Å². The summed E-state index contributed by atoms with van der Waals surface area (Å²) in [5.41, 5.74) is 1.54. The molecule has 0 radical (unpaired) electrons. The van der Waals surface area contributed by atoms with E-state index in [0.29, 0.717) is 27.8 Å². The van der Waals surface area contributed by atoms with E-state index in [2.05, 4.69) is 10.7 Å². The van der Waals surface area contributed by atoms with E-state index in [1.807, 2.05) is 0 Å². The van der Waals surface area contributed by atoms with Crippen LogP contribution in [0.15, 0.2) is 23.1 Å². The second-order valence-electron chi connectivity index (χ2n) is 6.11. The number of rotatable bonds is 4. The van der Waals surface area contributed by atoms with Crippen LogP contribution < -0.4 is 10.7 Å². The molecule has 1 aromatic carbocycles. The third-order valence-electron chi connectivity index (χ3n) is 4.36. The summed E-state index contributed by atoms with van der Waals surface area (Å²) in [7, 11) is 0. The van der Waals surface area contributed by atoms with Gasteiger partial charge in [0.1, 0.15) is 5.54 Å². The van der Waals surface area contributed by atoms with Crippen molar-refractivity contribution < 1.29 is 14.4 Å². The number of thioether (sulfide) groups is 1. The molecule has 25 heavy (non-hydrogen) atoms. The second kappa shape index (κ2) is 7.43. The van der Waals surface area contributed by atoms with Crippen molar-refractivity contribution in [3.05, 3.63) is 28.2 Å². The first kappa shape index (κ1) is 18.4. The van der Waals surface area contributed by atoms with Gasteiger partial charge in [-0.25, -0.2) is 4.79 Å². The zero-order valence-corrected chi connectivity index (χ0v) is 15.6. The molecule has 0 atom stereocenters. The highest BCUT2D eigenvalue weighted by atomic mass is 35.5. The summed E-state index contributed by atoms with van der Waals surface area (Å²) < 4.78 is 0. The lowest BCUT2D eigenvalue weighted by Gasteiger charge is -2.30. The SMILES string of the molecule is O=C(CSc1cc(Cl)ccc1Cl)NN1C(=O)NC2(CCCCC2)C1=O. The first-order valence-electron chi connectivity index (χ1n) is 7.95. The number of hydrogen-bond donors (Lipinski definition) is 2. The first-order chi connectivity index (χ1) is 11.9. The van der Waals surface area contributed by atoms with Crippen molar-refractivity contribution in [2.24, 2.45) is 0 Å². The van der Waals surface area contributed by atoms with Crippen molar-refractivity contribution in [3.8, 4) is 0 Å². The third-order valence-corrected chi connectivity index (χ3v) is 6.09. The predicted octanol–water partition coefficient (Wildman–Crippen LogP) is 3.37. The van der Waals surface area contributed by atoms with E-state index < -0.39 is 17.5 Å². The smallest absolute Gasteiger partial charge is 0.322 e. The summed E-state index contributed by atoms with van der Waals surface area (Å²) in [4.78, 5) is 37.5. The van der Waals surface area contributed by atoms with Crippen molar-refractivity contribution in [2.45, 2.75) is 42.5 Å². The molecule has 1 spiro atoms. The monoisotopic (exact) mass is 401 g/mol. The van der Waals surface area contributed by atoms with Crippen molar-refractivity contribution >= 4 is 52.8 Å². The molecule has 0 aromatic heterocycles. The lowest BCUT2D eigenvalue weighted by atomic mass is 9.82. The molecule has 4 amide bonds. The lowest BCUT2D eigenvalue weighted by Crippen LogP contribution is -2.51. The Balaban J connectivity index is 1.60. The summed E-state index contributed by atoms with van der Waals surface area (Å²) in [6.45, 7) is 0. The fraction of sp³-hybridized carbons (Fsp3) is 0.438. The molecule has 3 rings (SSSR count). The molecule has 1 saturated heterocycles. The van der Waals surface area contributed by atoms with Gasteiger partial charge in [0.05, 0.1) is 10.8 Å². The van der Waals surface area contributed by atoms with Crippen LogP contribution in [0.4, 0.5) is 4.79 Å². The van der Waals surface area contributed by atoms with Gasteiger partial charge in [0.15, 0.2) is 0 Å². The van der Waals surface area contributed by atoms with Gasteiger partial charge in [-0.1, -0.05) is 42.5 Å². The van der Waals surface area contributed by atoms with Gasteiger partial charge in [-0.2, -0.15) is 5.01 Å². The number of hydrogen-bond acceptors (Lipinski definition) is 4. The van der Waals surface area contributed by atoms with Gasteiger partial charge in [0.25, 0.3) is 5.91 Å². The number of carbonyl (C=O) groups excluding carboxylic acids is 3. The highest BCUT2D eigenvalue weighted by Gasteiger charge is 2.52. The van der Waals surface area contributed by atoms with Crippen LogP contribution in [0.5, 0.6) is 0 Å². The van der Waals surface area contributed by atoms with Gasteiger partial charge in [-0.05, 0) is 31.0 Å². The molecular formula is C16H17Cl2N3O3S. The summed E-state index contributed by atoms with van der Waals surface area (Å²) in [5, 5.41) is 4.54. The fourth-order valence-electron chi connectivity index (χ4n) is 3.10. The zero-order chi connectivity index (χ0) is 18.0.